The van der Waals surface area contributed by atoms with E-state index in [-0.39, 0.29) is 47.6 Å². The third-order valence-corrected chi connectivity index (χ3v) is 7.09. The second-order valence-electron chi connectivity index (χ2n) is 7.76. The lowest BCUT2D eigenvalue weighted by Gasteiger charge is -2.29. The molecule has 2 heterocycles. The average molecular weight is 536 g/mol. The molecule has 0 aromatic heterocycles. The van der Waals surface area contributed by atoms with Crippen molar-refractivity contribution in [1.82, 2.24) is 15.5 Å². The van der Waals surface area contributed by atoms with Gasteiger partial charge in [-0.3, -0.25) is 4.90 Å². The fraction of sp³-hybridized carbons (Fsp3) is 0.650. The molecule has 3 N–H and O–H groups in total. The summed E-state index contributed by atoms with van der Waals surface area (Å²) in [4.78, 5) is 6.99. The van der Waals surface area contributed by atoms with Gasteiger partial charge in [-0.25, -0.2) is 13.4 Å². The lowest BCUT2D eigenvalue weighted by molar-refractivity contribution is 0.0792. The van der Waals surface area contributed by atoms with Gasteiger partial charge in [0, 0.05) is 32.2 Å². The first kappa shape index (κ1) is 24.4. The number of rotatable bonds is 6. The second kappa shape index (κ2) is 11.5. The highest BCUT2D eigenvalue weighted by molar-refractivity contribution is 14.0. The maximum absolute atomic E-state index is 11.6. The van der Waals surface area contributed by atoms with Gasteiger partial charge in [-0.1, -0.05) is 24.3 Å². The van der Waals surface area contributed by atoms with Crippen molar-refractivity contribution in [2.75, 3.05) is 31.1 Å². The van der Waals surface area contributed by atoms with Gasteiger partial charge in [-0.2, -0.15) is 0 Å². The monoisotopic (exact) mass is 536 g/mol. The van der Waals surface area contributed by atoms with Crippen LogP contribution in [-0.2, 0) is 22.9 Å². The van der Waals surface area contributed by atoms with E-state index in [0.29, 0.717) is 18.9 Å². The first-order chi connectivity index (χ1) is 13.4. The minimum atomic E-state index is -2.91. The van der Waals surface area contributed by atoms with Gasteiger partial charge < -0.3 is 15.7 Å². The Bertz CT molecular complexity index is 762. The van der Waals surface area contributed by atoms with Gasteiger partial charge in [0.05, 0.1) is 24.2 Å². The molecule has 29 heavy (non-hydrogen) atoms. The Kier molecular flexibility index (Phi) is 9.64. The van der Waals surface area contributed by atoms with Gasteiger partial charge in [0.2, 0.25) is 0 Å². The van der Waals surface area contributed by atoms with Gasteiger partial charge in [0.1, 0.15) is 0 Å². The van der Waals surface area contributed by atoms with E-state index in [1.165, 1.54) is 5.56 Å². The number of nitrogens with one attached hydrogen (secondary N) is 2. The topological polar surface area (TPSA) is 94.0 Å². The fourth-order valence-corrected chi connectivity index (χ4v) is 5.35. The molecule has 1 aromatic carbocycles. The summed E-state index contributed by atoms with van der Waals surface area (Å²) in [5.41, 5.74) is 2.39. The maximum atomic E-state index is 11.6. The predicted molar refractivity (Wildman–Crippen MR) is 127 cm³/mol. The lowest BCUT2D eigenvalue weighted by atomic mass is 10.1. The zero-order valence-electron chi connectivity index (χ0n) is 17.0. The third kappa shape index (κ3) is 8.03. The fourth-order valence-electron chi connectivity index (χ4n) is 3.68. The van der Waals surface area contributed by atoms with Crippen LogP contribution in [0.1, 0.15) is 37.3 Å². The van der Waals surface area contributed by atoms with Crippen molar-refractivity contribution in [2.45, 2.75) is 51.4 Å². The standard InChI is InChI=1S/C20H32N4O3S.HI/c1-2-21-20(23-18-9-12-28(26,27)15-18)22-13-16-3-5-17(6-4-16)14-24-10-7-19(25)8-11-24;/h3-6,18-19,25H,2,7-15H2,1H3,(H2,21,22,23);1H. The van der Waals surface area contributed by atoms with Crippen LogP contribution in [0.5, 0.6) is 0 Å². The zero-order chi connectivity index (χ0) is 20.0. The molecule has 1 aromatic rings. The van der Waals surface area contributed by atoms with Crippen molar-refractivity contribution in [3.05, 3.63) is 35.4 Å². The number of guanidine groups is 1. The molecule has 0 saturated carbocycles. The Labute approximate surface area is 191 Å². The third-order valence-electron chi connectivity index (χ3n) is 5.32. The minimum absolute atomic E-state index is 0. The summed E-state index contributed by atoms with van der Waals surface area (Å²) < 4.78 is 23.3. The number of likely N-dealkylation sites (tertiary alicyclic amines) is 1. The summed E-state index contributed by atoms with van der Waals surface area (Å²) in [5.74, 6) is 1.10. The summed E-state index contributed by atoms with van der Waals surface area (Å²) in [5, 5.41) is 16.0. The quantitative estimate of drug-likeness (QED) is 0.290. The van der Waals surface area contributed by atoms with E-state index < -0.39 is 9.84 Å². The number of halogens is 1. The Morgan fingerprint density at radius 3 is 2.41 bits per heavy atom. The highest BCUT2D eigenvalue weighted by atomic mass is 127. The van der Waals surface area contributed by atoms with E-state index in [4.69, 9.17) is 0 Å². The molecule has 9 heteroatoms. The zero-order valence-corrected chi connectivity index (χ0v) is 20.2. The molecule has 0 bridgehead atoms. The normalized spacial score (nSPS) is 22.8. The van der Waals surface area contributed by atoms with Crippen LogP contribution in [0, 0.1) is 0 Å². The van der Waals surface area contributed by atoms with E-state index >= 15 is 0 Å². The van der Waals surface area contributed by atoms with Crippen LogP contribution < -0.4 is 10.6 Å². The molecule has 0 spiro atoms. The Morgan fingerprint density at radius 1 is 1.17 bits per heavy atom. The van der Waals surface area contributed by atoms with E-state index in [1.807, 2.05) is 6.92 Å². The van der Waals surface area contributed by atoms with Crippen LogP contribution >= 0.6 is 24.0 Å². The van der Waals surface area contributed by atoms with Crippen molar-refractivity contribution in [3.63, 3.8) is 0 Å². The van der Waals surface area contributed by atoms with Crippen LogP contribution in [-0.4, -0.2) is 67.7 Å². The summed E-state index contributed by atoms with van der Waals surface area (Å²) in [6.07, 6.45) is 2.21. The van der Waals surface area contributed by atoms with Crippen molar-refractivity contribution < 1.29 is 13.5 Å². The molecule has 2 saturated heterocycles. The molecule has 7 nitrogen and oxygen atoms in total. The Hall–Kier alpha value is -0.910. The van der Waals surface area contributed by atoms with Crippen LogP contribution in [0.25, 0.3) is 0 Å². The van der Waals surface area contributed by atoms with Crippen LogP contribution in [0.2, 0.25) is 0 Å². The number of piperidine rings is 1. The number of sulfone groups is 1. The highest BCUT2D eigenvalue weighted by Gasteiger charge is 2.28. The molecular formula is C20H33IN4O3S. The van der Waals surface area contributed by atoms with Crippen LogP contribution in [0.15, 0.2) is 29.3 Å². The number of hydrogen-bond donors (Lipinski definition) is 3. The number of hydrogen-bond acceptors (Lipinski definition) is 5. The highest BCUT2D eigenvalue weighted by Crippen LogP contribution is 2.15. The predicted octanol–water partition coefficient (Wildman–Crippen LogP) is 1.50. The lowest BCUT2D eigenvalue weighted by Crippen LogP contribution is -2.44. The molecule has 2 aliphatic rings. The molecule has 0 amide bonds. The Morgan fingerprint density at radius 2 is 1.83 bits per heavy atom. The van der Waals surface area contributed by atoms with Gasteiger partial charge in [-0.15, -0.1) is 24.0 Å². The summed E-state index contributed by atoms with van der Waals surface area (Å²) in [7, 11) is -2.91. The van der Waals surface area contributed by atoms with Gasteiger partial charge in [0.15, 0.2) is 15.8 Å². The molecule has 0 aliphatic carbocycles. The van der Waals surface area contributed by atoms with E-state index in [1.54, 1.807) is 0 Å². The number of aliphatic hydroxyl groups is 1. The first-order valence-corrected chi connectivity index (χ1v) is 12.0. The second-order valence-corrected chi connectivity index (χ2v) is 9.99. The van der Waals surface area contributed by atoms with E-state index in [2.05, 4.69) is 44.8 Å². The molecule has 0 radical (unpaired) electrons. The SMILES string of the molecule is CCNC(=NCc1ccc(CN2CCC(O)CC2)cc1)NC1CCS(=O)(=O)C1.I. The Balaban J connectivity index is 0.00000300. The van der Waals surface area contributed by atoms with Gasteiger partial charge >= 0.3 is 0 Å². The van der Waals surface area contributed by atoms with Crippen LogP contribution in [0.4, 0.5) is 0 Å². The smallest absolute Gasteiger partial charge is 0.191 e. The molecular weight excluding hydrogens is 503 g/mol. The van der Waals surface area contributed by atoms with Crippen molar-refractivity contribution >= 4 is 39.8 Å². The maximum Gasteiger partial charge on any atom is 0.191 e. The average Bonchev–Trinajstić information content (AvgIpc) is 3.01. The molecule has 164 valence electrons. The summed E-state index contributed by atoms with van der Waals surface area (Å²) >= 11 is 0. The minimum Gasteiger partial charge on any atom is -0.393 e. The number of aliphatic imine (C=N–C) groups is 1. The van der Waals surface area contributed by atoms with Crippen molar-refractivity contribution in [1.29, 1.82) is 0 Å². The molecule has 2 aliphatic heterocycles. The number of benzene rings is 1. The largest absolute Gasteiger partial charge is 0.393 e. The van der Waals surface area contributed by atoms with Gasteiger partial charge in [-0.05, 0) is 37.3 Å². The number of aliphatic hydroxyl groups excluding tert-OH is 1. The summed E-state index contributed by atoms with van der Waals surface area (Å²) in [6, 6.07) is 8.41. The van der Waals surface area contributed by atoms with Crippen LogP contribution in [0.3, 0.4) is 0 Å². The van der Waals surface area contributed by atoms with Crippen molar-refractivity contribution in [2.24, 2.45) is 4.99 Å². The molecule has 1 atom stereocenters. The van der Waals surface area contributed by atoms with Gasteiger partial charge in [0.25, 0.3) is 0 Å². The molecule has 2 fully saturated rings. The summed E-state index contributed by atoms with van der Waals surface area (Å²) in [6.45, 7) is 6.08. The number of nitrogens with zero attached hydrogens (tertiary/aromatic N) is 2. The van der Waals surface area contributed by atoms with E-state index in [0.717, 1.165) is 44.6 Å². The van der Waals surface area contributed by atoms with Crippen molar-refractivity contribution in [3.8, 4) is 0 Å². The first-order valence-electron chi connectivity index (χ1n) is 10.2. The molecule has 1 unspecified atom stereocenters. The van der Waals surface area contributed by atoms with E-state index in [9.17, 15) is 13.5 Å². The molecule has 3 rings (SSSR count).